The zero-order chi connectivity index (χ0) is 29.3. The van der Waals surface area contributed by atoms with Crippen LogP contribution in [-0.4, -0.2) is 84.8 Å². The molecule has 0 spiro atoms. The van der Waals surface area contributed by atoms with Crippen LogP contribution < -0.4 is 9.47 Å². The van der Waals surface area contributed by atoms with E-state index in [0.717, 1.165) is 24.8 Å². The van der Waals surface area contributed by atoms with Gasteiger partial charge < -0.3 is 18.8 Å². The number of sulfonamides is 1. The van der Waals surface area contributed by atoms with Crippen LogP contribution in [0.5, 0.6) is 11.6 Å². The Morgan fingerprint density at radius 1 is 1.07 bits per heavy atom. The lowest BCUT2D eigenvalue weighted by molar-refractivity contribution is 0.0773. The van der Waals surface area contributed by atoms with E-state index < -0.39 is 10.0 Å². The average Bonchev–Trinajstić information content (AvgIpc) is 3.45. The van der Waals surface area contributed by atoms with Crippen LogP contribution in [0.1, 0.15) is 52.3 Å². The predicted molar refractivity (Wildman–Crippen MR) is 151 cm³/mol. The Hall–Kier alpha value is -3.48. The average molecular weight is 584 g/mol. The van der Waals surface area contributed by atoms with Gasteiger partial charge in [-0.25, -0.2) is 18.4 Å². The Bertz CT molecular complexity index is 1480. The second-order valence-corrected chi connectivity index (χ2v) is 12.6. The number of hydrogen-bond donors (Lipinski definition) is 0. The van der Waals surface area contributed by atoms with Gasteiger partial charge >= 0.3 is 0 Å². The number of hydrogen-bond acceptors (Lipinski definition) is 9. The number of aromatic nitrogens is 2. The van der Waals surface area contributed by atoms with Crippen LogP contribution in [0.2, 0.25) is 0 Å². The number of rotatable bonds is 11. The van der Waals surface area contributed by atoms with Crippen LogP contribution >= 0.6 is 0 Å². The van der Waals surface area contributed by atoms with Crippen LogP contribution in [0, 0.1) is 13.8 Å². The highest BCUT2D eigenvalue weighted by atomic mass is 32.2. The molecule has 0 N–H and O–H groups in total. The summed E-state index contributed by atoms with van der Waals surface area (Å²) in [5.74, 6) is 1.17. The van der Waals surface area contributed by atoms with Gasteiger partial charge in [-0.1, -0.05) is 6.07 Å². The van der Waals surface area contributed by atoms with Gasteiger partial charge in [0.05, 0.1) is 25.7 Å². The molecule has 41 heavy (non-hydrogen) atoms. The molecule has 0 radical (unpaired) electrons. The Morgan fingerprint density at radius 2 is 1.80 bits per heavy atom. The third kappa shape index (κ3) is 6.24. The van der Waals surface area contributed by atoms with E-state index in [-0.39, 0.29) is 41.0 Å². The van der Waals surface area contributed by atoms with E-state index in [1.165, 1.54) is 10.6 Å². The molecule has 1 aliphatic carbocycles. The van der Waals surface area contributed by atoms with Crippen molar-refractivity contribution in [2.45, 2.75) is 63.2 Å². The van der Waals surface area contributed by atoms with Crippen molar-refractivity contribution < 1.29 is 27.1 Å². The third-order valence-corrected chi connectivity index (χ3v) is 9.97. The lowest BCUT2D eigenvalue weighted by atomic mass is 10.1. The third-order valence-electron chi connectivity index (χ3n) is 7.76. The molecule has 1 saturated carbocycles. The van der Waals surface area contributed by atoms with Gasteiger partial charge in [0, 0.05) is 44.0 Å². The molecule has 2 aliphatic rings. The maximum Gasteiger partial charge on any atom is 0.275 e. The lowest BCUT2D eigenvalue weighted by Crippen LogP contribution is -2.36. The number of likely N-dealkylation sites (tertiary alicyclic amines) is 1. The Kier molecular flexibility index (Phi) is 8.35. The summed E-state index contributed by atoms with van der Waals surface area (Å²) in [6.07, 6.45) is 5.52. The van der Waals surface area contributed by atoms with Crippen molar-refractivity contribution in [1.29, 1.82) is 0 Å². The number of pyridine rings is 1. The van der Waals surface area contributed by atoms with E-state index in [4.69, 9.17) is 13.9 Å². The number of nitrogens with zero attached hydrogens (tertiary/aromatic N) is 5. The zero-order valence-corrected chi connectivity index (χ0v) is 25.0. The number of methoxy groups -OCH3 is 2. The summed E-state index contributed by atoms with van der Waals surface area (Å²) in [5, 5.41) is 0. The van der Waals surface area contributed by atoms with E-state index in [1.807, 2.05) is 19.2 Å². The second kappa shape index (κ2) is 11.8. The minimum Gasteiger partial charge on any atom is -0.497 e. The number of carbonyl (C=O) groups is 1. The smallest absolute Gasteiger partial charge is 0.275 e. The van der Waals surface area contributed by atoms with Crippen LogP contribution in [0.15, 0.2) is 46.0 Å². The zero-order valence-electron chi connectivity index (χ0n) is 24.2. The molecule has 12 heteroatoms. The summed E-state index contributed by atoms with van der Waals surface area (Å²) in [7, 11) is 1.35. The van der Waals surface area contributed by atoms with Crippen molar-refractivity contribution in [3.63, 3.8) is 0 Å². The fourth-order valence-electron chi connectivity index (χ4n) is 5.43. The summed E-state index contributed by atoms with van der Waals surface area (Å²) in [6.45, 7) is 5.38. The summed E-state index contributed by atoms with van der Waals surface area (Å²) in [4.78, 5) is 26.2. The minimum atomic E-state index is -3.83. The highest BCUT2D eigenvalue weighted by Gasteiger charge is 2.40. The van der Waals surface area contributed by atoms with Gasteiger partial charge in [-0.05, 0) is 69.0 Å². The van der Waals surface area contributed by atoms with Gasteiger partial charge in [-0.2, -0.15) is 4.31 Å². The first-order chi connectivity index (χ1) is 19.6. The van der Waals surface area contributed by atoms with Crippen molar-refractivity contribution in [3.8, 4) is 11.6 Å². The molecule has 1 aromatic carbocycles. The quantitative estimate of drug-likeness (QED) is 0.335. The van der Waals surface area contributed by atoms with Crippen LogP contribution in [0.4, 0.5) is 0 Å². The molecule has 1 unspecified atom stereocenters. The number of carbonyl (C=O) groups excluding carboxylic acids is 1. The van der Waals surface area contributed by atoms with Crippen LogP contribution in [0.3, 0.4) is 0 Å². The van der Waals surface area contributed by atoms with Crippen molar-refractivity contribution in [1.82, 2.24) is 24.1 Å². The second-order valence-electron chi connectivity index (χ2n) is 10.8. The Labute approximate surface area is 241 Å². The number of benzene rings is 1. The van der Waals surface area contributed by atoms with Crippen molar-refractivity contribution in [3.05, 3.63) is 65.0 Å². The van der Waals surface area contributed by atoms with E-state index in [0.29, 0.717) is 42.4 Å². The van der Waals surface area contributed by atoms with E-state index >= 15 is 0 Å². The minimum absolute atomic E-state index is 0.0353. The normalized spacial score (nSPS) is 17.4. The maximum atomic E-state index is 13.8. The summed E-state index contributed by atoms with van der Waals surface area (Å²) >= 11 is 0. The Morgan fingerprint density at radius 3 is 2.41 bits per heavy atom. The molecule has 5 rings (SSSR count). The molecule has 11 nitrogen and oxygen atoms in total. The van der Waals surface area contributed by atoms with Gasteiger partial charge in [-0.15, -0.1) is 0 Å². The number of oxazole rings is 1. The molecular formula is C29H37N5O6S. The van der Waals surface area contributed by atoms with Gasteiger partial charge in [0.15, 0.2) is 5.69 Å². The van der Waals surface area contributed by atoms with Crippen molar-refractivity contribution in [2.75, 3.05) is 34.4 Å². The van der Waals surface area contributed by atoms with Gasteiger partial charge in [-0.3, -0.25) is 9.69 Å². The topological polar surface area (TPSA) is 118 Å². The number of aryl methyl sites for hydroxylation is 2. The van der Waals surface area contributed by atoms with E-state index in [1.54, 1.807) is 51.3 Å². The molecule has 220 valence electrons. The first kappa shape index (κ1) is 29.0. The number of likely N-dealkylation sites (N-methyl/N-ethyl adjacent to an activating group) is 1. The standard InChI is InChI=1S/C29H37N5O6S/c1-19-12-24(38-4)13-20(2)28(19)41(36,37)34(22-7-8-22)17-27-31-25(18-40-27)29(35)33-11-10-23(16-33)32(3)15-21-6-9-26(39-5)30-14-21/h6,9,12-14,18,22-23H,7-8,10-11,15-17H2,1-5H3. The van der Waals surface area contributed by atoms with E-state index in [9.17, 15) is 13.2 Å². The molecule has 3 heterocycles. The van der Waals surface area contributed by atoms with E-state index in [2.05, 4.69) is 14.9 Å². The fourth-order valence-corrected chi connectivity index (χ4v) is 7.48. The molecule has 0 bridgehead atoms. The Balaban J connectivity index is 1.24. The van der Waals surface area contributed by atoms with Crippen LogP contribution in [-0.2, 0) is 23.1 Å². The number of amides is 1. The molecular weight excluding hydrogens is 546 g/mol. The molecule has 1 amide bonds. The summed E-state index contributed by atoms with van der Waals surface area (Å²) < 4.78 is 45.1. The van der Waals surface area contributed by atoms with Crippen molar-refractivity contribution >= 4 is 15.9 Å². The molecule has 3 aromatic rings. The largest absolute Gasteiger partial charge is 0.497 e. The highest BCUT2D eigenvalue weighted by Crippen LogP contribution is 2.36. The van der Waals surface area contributed by atoms with Gasteiger partial charge in [0.2, 0.25) is 21.8 Å². The molecule has 2 aromatic heterocycles. The molecule has 1 aliphatic heterocycles. The van der Waals surface area contributed by atoms with Gasteiger partial charge in [0.1, 0.15) is 12.0 Å². The first-order valence-electron chi connectivity index (χ1n) is 13.7. The highest BCUT2D eigenvalue weighted by molar-refractivity contribution is 7.89. The van der Waals surface area contributed by atoms with Crippen LogP contribution in [0.25, 0.3) is 0 Å². The lowest BCUT2D eigenvalue weighted by Gasteiger charge is -2.24. The fraction of sp³-hybridized carbons (Fsp3) is 0.483. The molecule has 1 atom stereocenters. The first-order valence-corrected chi connectivity index (χ1v) is 15.1. The van der Waals surface area contributed by atoms with Crippen molar-refractivity contribution in [2.24, 2.45) is 0 Å². The SMILES string of the molecule is COc1cc(C)c(S(=O)(=O)N(Cc2nc(C(=O)N3CCC(N(C)Cc4ccc(OC)nc4)C3)co2)C2CC2)c(C)c1. The monoisotopic (exact) mass is 583 g/mol. The number of ether oxygens (including phenoxy) is 2. The summed E-state index contributed by atoms with van der Waals surface area (Å²) in [5.41, 5.74) is 2.49. The predicted octanol–water partition coefficient (Wildman–Crippen LogP) is 3.40. The maximum absolute atomic E-state index is 13.8. The van der Waals surface area contributed by atoms with Gasteiger partial charge in [0.25, 0.3) is 5.91 Å². The molecule has 1 saturated heterocycles. The molecule has 2 fully saturated rings. The summed E-state index contributed by atoms with van der Waals surface area (Å²) in [6, 6.07) is 7.34.